The van der Waals surface area contributed by atoms with E-state index in [0.29, 0.717) is 11.6 Å². The molecule has 2 heterocycles. The third kappa shape index (κ3) is 3.25. The number of hydrogen-bond acceptors (Lipinski definition) is 1. The first-order valence-electron chi connectivity index (χ1n) is 8.12. The maximum Gasteiger partial charge on any atom is 0.270 e. The van der Waals surface area contributed by atoms with Gasteiger partial charge in [-0.25, -0.2) is 8.78 Å². The highest BCUT2D eigenvalue weighted by atomic mass is 35.5. The van der Waals surface area contributed by atoms with Gasteiger partial charge in [-0.3, -0.25) is 0 Å². The average Bonchev–Trinajstić information content (AvgIpc) is 2.99. The van der Waals surface area contributed by atoms with Crippen molar-refractivity contribution in [1.82, 2.24) is 9.88 Å². The number of nitrogens with zero attached hydrogens (tertiary/aromatic N) is 1. The molecule has 0 radical (unpaired) electrons. The van der Waals surface area contributed by atoms with Crippen LogP contribution < -0.4 is 5.32 Å². The molecule has 2 nitrogen and oxygen atoms in total. The molecule has 0 aliphatic carbocycles. The molecule has 0 amide bonds. The SMILES string of the molecule is CC(F)(F)c1ccc([C@@H]2NCc3c(Cl)cccc3-n3cccc32)cc1.Cl. The number of nitrogens with one attached hydrogen (secondary N) is 1. The minimum absolute atomic E-state index is 0. The van der Waals surface area contributed by atoms with E-state index in [2.05, 4.69) is 9.88 Å². The molecule has 1 atom stereocenters. The predicted octanol–water partition coefficient (Wildman–Crippen LogP) is 5.86. The Morgan fingerprint density at radius 3 is 2.50 bits per heavy atom. The Morgan fingerprint density at radius 2 is 1.81 bits per heavy atom. The van der Waals surface area contributed by atoms with Crippen molar-refractivity contribution < 1.29 is 8.78 Å². The van der Waals surface area contributed by atoms with Crippen LogP contribution in [0.25, 0.3) is 5.69 Å². The number of alkyl halides is 2. The number of rotatable bonds is 2. The normalized spacial score (nSPS) is 16.2. The van der Waals surface area contributed by atoms with Crippen LogP contribution >= 0.6 is 24.0 Å². The second-order valence-corrected chi connectivity index (χ2v) is 6.77. The topological polar surface area (TPSA) is 17.0 Å². The van der Waals surface area contributed by atoms with Crippen molar-refractivity contribution in [2.45, 2.75) is 25.4 Å². The molecule has 2 aromatic carbocycles. The fourth-order valence-corrected chi connectivity index (χ4v) is 3.60. The van der Waals surface area contributed by atoms with E-state index >= 15 is 0 Å². The lowest BCUT2D eigenvalue weighted by Crippen LogP contribution is -2.21. The molecule has 0 bridgehead atoms. The first-order valence-corrected chi connectivity index (χ1v) is 8.49. The van der Waals surface area contributed by atoms with Crippen LogP contribution in [0.1, 0.15) is 35.3 Å². The molecule has 6 heteroatoms. The summed E-state index contributed by atoms with van der Waals surface area (Å²) >= 11 is 6.38. The van der Waals surface area contributed by atoms with Gasteiger partial charge in [-0.1, -0.05) is 41.9 Å². The summed E-state index contributed by atoms with van der Waals surface area (Å²) in [7, 11) is 0. The molecule has 136 valence electrons. The fraction of sp³-hybridized carbons (Fsp3) is 0.200. The number of hydrogen-bond donors (Lipinski definition) is 1. The lowest BCUT2D eigenvalue weighted by Gasteiger charge is -2.19. The van der Waals surface area contributed by atoms with Gasteiger partial charge in [0, 0.05) is 41.5 Å². The average molecular weight is 395 g/mol. The largest absolute Gasteiger partial charge is 0.319 e. The van der Waals surface area contributed by atoms with Gasteiger partial charge in [0.15, 0.2) is 0 Å². The van der Waals surface area contributed by atoms with Crippen LogP contribution in [0.3, 0.4) is 0 Å². The summed E-state index contributed by atoms with van der Waals surface area (Å²) in [6.07, 6.45) is 2.00. The Kier molecular flexibility index (Phi) is 5.11. The molecule has 4 rings (SSSR count). The van der Waals surface area contributed by atoms with Crippen molar-refractivity contribution in [1.29, 1.82) is 0 Å². The van der Waals surface area contributed by atoms with E-state index in [1.165, 1.54) is 12.1 Å². The second-order valence-electron chi connectivity index (χ2n) is 6.36. The molecule has 1 N–H and O–H groups in total. The van der Waals surface area contributed by atoms with E-state index in [4.69, 9.17) is 11.6 Å². The number of fused-ring (bicyclic) bond motifs is 3. The number of aromatic nitrogens is 1. The van der Waals surface area contributed by atoms with Gasteiger partial charge in [-0.15, -0.1) is 12.4 Å². The van der Waals surface area contributed by atoms with E-state index in [9.17, 15) is 8.78 Å². The summed E-state index contributed by atoms with van der Waals surface area (Å²) < 4.78 is 29.0. The van der Waals surface area contributed by atoms with Crippen LogP contribution in [0.4, 0.5) is 8.78 Å². The van der Waals surface area contributed by atoms with Crippen molar-refractivity contribution >= 4 is 24.0 Å². The minimum atomic E-state index is -2.83. The molecule has 0 unspecified atom stereocenters. The summed E-state index contributed by atoms with van der Waals surface area (Å²) in [4.78, 5) is 0. The first-order chi connectivity index (χ1) is 11.9. The lowest BCUT2D eigenvalue weighted by atomic mass is 10.0. The molecule has 1 aromatic heterocycles. The van der Waals surface area contributed by atoms with Gasteiger partial charge in [0.25, 0.3) is 5.92 Å². The highest BCUT2D eigenvalue weighted by Gasteiger charge is 2.26. The molecule has 0 saturated heterocycles. The Bertz CT molecular complexity index is 914. The molecule has 0 fully saturated rings. The quantitative estimate of drug-likeness (QED) is 0.576. The molecule has 0 spiro atoms. The van der Waals surface area contributed by atoms with Gasteiger partial charge >= 0.3 is 0 Å². The molecule has 1 aliphatic heterocycles. The van der Waals surface area contributed by atoms with E-state index in [1.807, 2.05) is 36.5 Å². The van der Waals surface area contributed by atoms with E-state index in [-0.39, 0.29) is 24.0 Å². The third-order valence-electron chi connectivity index (χ3n) is 4.66. The zero-order valence-corrected chi connectivity index (χ0v) is 15.6. The summed E-state index contributed by atoms with van der Waals surface area (Å²) in [5, 5.41) is 4.22. The standard InChI is InChI=1S/C20H17ClF2N2.ClH/c1-20(22,23)14-9-7-13(8-10-14)19-18-6-3-11-25(18)17-5-2-4-16(21)15(17)12-24-19;/h2-11,19,24H,12H2,1H3;1H/t19-;/m0./s1. The Morgan fingerprint density at radius 1 is 1.08 bits per heavy atom. The van der Waals surface area contributed by atoms with Crippen molar-refractivity contribution in [3.63, 3.8) is 0 Å². The first kappa shape index (κ1) is 18.9. The lowest BCUT2D eigenvalue weighted by molar-refractivity contribution is 0.0174. The zero-order valence-electron chi connectivity index (χ0n) is 14.0. The third-order valence-corrected chi connectivity index (χ3v) is 5.02. The summed E-state index contributed by atoms with van der Waals surface area (Å²) in [6.45, 7) is 1.52. The van der Waals surface area contributed by atoms with E-state index < -0.39 is 5.92 Å². The Balaban J connectivity index is 0.00000196. The van der Waals surface area contributed by atoms with Gasteiger partial charge in [0.1, 0.15) is 0 Å². The van der Waals surface area contributed by atoms with Crippen molar-refractivity contribution in [2.75, 3.05) is 0 Å². The van der Waals surface area contributed by atoms with Crippen LogP contribution in [0.15, 0.2) is 60.8 Å². The zero-order chi connectivity index (χ0) is 17.6. The maximum atomic E-state index is 13.5. The van der Waals surface area contributed by atoms with Gasteiger partial charge in [0.2, 0.25) is 0 Å². The molecular weight excluding hydrogens is 377 g/mol. The minimum Gasteiger partial charge on any atom is -0.319 e. The fourth-order valence-electron chi connectivity index (χ4n) is 3.36. The molecule has 0 saturated carbocycles. The summed E-state index contributed by atoms with van der Waals surface area (Å²) in [5.41, 5.74) is 4.08. The van der Waals surface area contributed by atoms with Crippen LogP contribution in [-0.4, -0.2) is 4.57 Å². The van der Waals surface area contributed by atoms with Crippen LogP contribution in [0.5, 0.6) is 0 Å². The molecule has 26 heavy (non-hydrogen) atoms. The molecular formula is C20H18Cl2F2N2. The number of halogens is 4. The smallest absolute Gasteiger partial charge is 0.270 e. The highest BCUT2D eigenvalue weighted by molar-refractivity contribution is 6.31. The molecule has 1 aliphatic rings. The van der Waals surface area contributed by atoms with Crippen molar-refractivity contribution in [3.05, 3.63) is 88.2 Å². The van der Waals surface area contributed by atoms with E-state index in [1.54, 1.807) is 12.1 Å². The summed E-state index contributed by atoms with van der Waals surface area (Å²) in [5.74, 6) is -2.83. The summed E-state index contributed by atoms with van der Waals surface area (Å²) in [6, 6.07) is 16.3. The van der Waals surface area contributed by atoms with Gasteiger partial charge in [-0.05, 0) is 29.8 Å². The Labute approximate surface area is 162 Å². The van der Waals surface area contributed by atoms with Crippen LogP contribution in [0, 0.1) is 0 Å². The number of benzene rings is 2. The van der Waals surface area contributed by atoms with Crippen LogP contribution in [0.2, 0.25) is 5.02 Å². The second kappa shape index (κ2) is 7.03. The maximum absolute atomic E-state index is 13.5. The predicted molar refractivity (Wildman–Crippen MR) is 103 cm³/mol. The van der Waals surface area contributed by atoms with Crippen molar-refractivity contribution in [2.24, 2.45) is 0 Å². The van der Waals surface area contributed by atoms with Crippen LogP contribution in [-0.2, 0) is 12.5 Å². The van der Waals surface area contributed by atoms with Crippen molar-refractivity contribution in [3.8, 4) is 5.69 Å². The van der Waals surface area contributed by atoms with E-state index in [0.717, 1.165) is 29.4 Å². The monoisotopic (exact) mass is 394 g/mol. The highest BCUT2D eigenvalue weighted by Crippen LogP contribution is 2.34. The Hall–Kier alpha value is -1.88. The molecule has 3 aromatic rings. The van der Waals surface area contributed by atoms with Gasteiger partial charge < -0.3 is 9.88 Å². The van der Waals surface area contributed by atoms with Gasteiger partial charge in [0.05, 0.1) is 11.7 Å². The van der Waals surface area contributed by atoms with Gasteiger partial charge in [-0.2, -0.15) is 0 Å².